The highest BCUT2D eigenvalue weighted by molar-refractivity contribution is 6.30. The summed E-state index contributed by atoms with van der Waals surface area (Å²) in [6.07, 6.45) is 0.107. The monoisotopic (exact) mass is 269 g/mol. The van der Waals surface area contributed by atoms with E-state index in [1.54, 1.807) is 24.3 Å². The highest BCUT2D eigenvalue weighted by Crippen LogP contribution is 2.19. The molecule has 1 unspecified atom stereocenters. The maximum absolute atomic E-state index is 11.8. The molecule has 18 heavy (non-hydrogen) atoms. The van der Waals surface area contributed by atoms with E-state index in [-0.39, 0.29) is 17.9 Å². The fourth-order valence-corrected chi connectivity index (χ4v) is 1.62. The van der Waals surface area contributed by atoms with Gasteiger partial charge < -0.3 is 10.4 Å². The van der Waals surface area contributed by atoms with Crippen LogP contribution in [-0.4, -0.2) is 16.6 Å². The van der Waals surface area contributed by atoms with Crippen molar-refractivity contribution in [2.45, 2.75) is 45.3 Å². The van der Waals surface area contributed by atoms with E-state index >= 15 is 0 Å². The zero-order valence-electron chi connectivity index (χ0n) is 11.0. The molecule has 2 N–H and O–H groups in total. The number of benzene rings is 1. The first-order valence-electron chi connectivity index (χ1n) is 6.08. The van der Waals surface area contributed by atoms with Gasteiger partial charge in [-0.3, -0.25) is 4.79 Å². The lowest BCUT2D eigenvalue weighted by Gasteiger charge is -2.25. The lowest BCUT2D eigenvalue weighted by atomic mass is 10.0. The quantitative estimate of drug-likeness (QED) is 0.863. The average molecular weight is 270 g/mol. The molecular weight excluding hydrogens is 250 g/mol. The zero-order chi connectivity index (χ0) is 13.8. The molecule has 4 heteroatoms. The number of halogens is 1. The first-order chi connectivity index (χ1) is 8.34. The van der Waals surface area contributed by atoms with Gasteiger partial charge in [-0.2, -0.15) is 0 Å². The molecule has 0 saturated heterocycles. The van der Waals surface area contributed by atoms with Gasteiger partial charge in [0.25, 0.3) is 0 Å². The minimum atomic E-state index is -0.796. The molecule has 0 aliphatic carbocycles. The Morgan fingerprint density at radius 2 is 1.94 bits per heavy atom. The predicted octanol–water partition coefficient (Wildman–Crippen LogP) is 3.07. The van der Waals surface area contributed by atoms with E-state index in [2.05, 4.69) is 5.32 Å². The molecule has 1 amide bonds. The van der Waals surface area contributed by atoms with Gasteiger partial charge in [-0.15, -0.1) is 0 Å². The Morgan fingerprint density at radius 1 is 1.39 bits per heavy atom. The third-order valence-electron chi connectivity index (χ3n) is 3.00. The van der Waals surface area contributed by atoms with Crippen molar-refractivity contribution in [1.82, 2.24) is 5.32 Å². The number of aliphatic hydroxyl groups excluding tert-OH is 1. The van der Waals surface area contributed by atoms with Crippen molar-refractivity contribution in [3.05, 3.63) is 34.9 Å². The number of hydrogen-bond donors (Lipinski definition) is 2. The molecule has 100 valence electrons. The SMILES string of the molecule is CCC(C)(C)NC(=O)CC(O)c1ccc(Cl)cc1. The molecule has 1 aromatic carbocycles. The zero-order valence-corrected chi connectivity index (χ0v) is 11.8. The molecule has 0 radical (unpaired) electrons. The second-order valence-corrected chi connectivity index (χ2v) is 5.49. The Bertz CT molecular complexity index is 401. The number of rotatable bonds is 5. The van der Waals surface area contributed by atoms with Crippen LogP contribution in [0.3, 0.4) is 0 Å². The molecular formula is C14H20ClNO2. The van der Waals surface area contributed by atoms with Crippen LogP contribution in [0.15, 0.2) is 24.3 Å². The highest BCUT2D eigenvalue weighted by atomic mass is 35.5. The van der Waals surface area contributed by atoms with Gasteiger partial charge in [-0.25, -0.2) is 0 Å². The summed E-state index contributed by atoms with van der Waals surface area (Å²) in [5, 5.41) is 13.5. The number of carbonyl (C=O) groups is 1. The van der Waals surface area contributed by atoms with Crippen LogP contribution in [0.4, 0.5) is 0 Å². The molecule has 0 bridgehead atoms. The third kappa shape index (κ3) is 4.67. The Kier molecular flexibility index (Phi) is 5.17. The van der Waals surface area contributed by atoms with E-state index in [4.69, 9.17) is 11.6 Å². The van der Waals surface area contributed by atoms with E-state index in [9.17, 15) is 9.90 Å². The van der Waals surface area contributed by atoms with Crippen molar-refractivity contribution in [2.75, 3.05) is 0 Å². The molecule has 1 atom stereocenters. The fourth-order valence-electron chi connectivity index (χ4n) is 1.50. The van der Waals surface area contributed by atoms with Gasteiger partial charge in [0, 0.05) is 10.6 Å². The first kappa shape index (κ1) is 15.0. The molecule has 0 fully saturated rings. The van der Waals surface area contributed by atoms with Gasteiger partial charge in [0.15, 0.2) is 0 Å². The fraction of sp³-hybridized carbons (Fsp3) is 0.500. The standard InChI is InChI=1S/C14H20ClNO2/c1-4-14(2,3)16-13(18)9-12(17)10-5-7-11(15)8-6-10/h5-8,12,17H,4,9H2,1-3H3,(H,16,18). The lowest BCUT2D eigenvalue weighted by Crippen LogP contribution is -2.43. The summed E-state index contributed by atoms with van der Waals surface area (Å²) < 4.78 is 0. The molecule has 3 nitrogen and oxygen atoms in total. The number of nitrogens with one attached hydrogen (secondary N) is 1. The van der Waals surface area contributed by atoms with Crippen LogP contribution in [0.1, 0.15) is 45.3 Å². The van der Waals surface area contributed by atoms with Crippen molar-refractivity contribution in [1.29, 1.82) is 0 Å². The van der Waals surface area contributed by atoms with Crippen LogP contribution in [0.25, 0.3) is 0 Å². The van der Waals surface area contributed by atoms with Crippen molar-refractivity contribution in [3.63, 3.8) is 0 Å². The summed E-state index contributed by atoms with van der Waals surface area (Å²) in [7, 11) is 0. The minimum absolute atomic E-state index is 0.0606. The van der Waals surface area contributed by atoms with Gasteiger partial charge >= 0.3 is 0 Å². The lowest BCUT2D eigenvalue weighted by molar-refractivity contribution is -0.124. The maximum Gasteiger partial charge on any atom is 0.223 e. The normalized spacial score (nSPS) is 13.2. The molecule has 0 heterocycles. The maximum atomic E-state index is 11.8. The molecule has 1 aromatic rings. The van der Waals surface area contributed by atoms with Crippen LogP contribution in [0.5, 0.6) is 0 Å². The van der Waals surface area contributed by atoms with Gasteiger partial charge in [0.2, 0.25) is 5.91 Å². The van der Waals surface area contributed by atoms with E-state index in [1.165, 1.54) is 0 Å². The van der Waals surface area contributed by atoms with Crippen molar-refractivity contribution < 1.29 is 9.90 Å². The number of amides is 1. The smallest absolute Gasteiger partial charge is 0.223 e. The van der Waals surface area contributed by atoms with Gasteiger partial charge in [-0.1, -0.05) is 30.7 Å². The molecule has 1 rings (SSSR count). The Hall–Kier alpha value is -1.06. The van der Waals surface area contributed by atoms with Gasteiger partial charge in [0.1, 0.15) is 0 Å². The minimum Gasteiger partial charge on any atom is -0.388 e. The summed E-state index contributed by atoms with van der Waals surface area (Å²) in [5.74, 6) is -0.149. The van der Waals surface area contributed by atoms with Crippen LogP contribution in [0, 0.1) is 0 Å². The Labute approximate surface area is 113 Å². The summed E-state index contributed by atoms with van der Waals surface area (Å²) in [5.41, 5.74) is 0.459. The Morgan fingerprint density at radius 3 is 2.44 bits per heavy atom. The largest absolute Gasteiger partial charge is 0.388 e. The third-order valence-corrected chi connectivity index (χ3v) is 3.25. The second kappa shape index (κ2) is 6.21. The topological polar surface area (TPSA) is 49.3 Å². The highest BCUT2D eigenvalue weighted by Gasteiger charge is 2.20. The molecule has 0 aliphatic heterocycles. The molecule has 0 aliphatic rings. The van der Waals surface area contributed by atoms with Crippen LogP contribution in [-0.2, 0) is 4.79 Å². The summed E-state index contributed by atoms with van der Waals surface area (Å²) >= 11 is 5.77. The number of aliphatic hydroxyl groups is 1. The van der Waals surface area contributed by atoms with Gasteiger partial charge in [-0.05, 0) is 38.0 Å². The second-order valence-electron chi connectivity index (χ2n) is 5.06. The summed E-state index contributed by atoms with van der Waals surface area (Å²) in [6.45, 7) is 5.93. The molecule has 0 aromatic heterocycles. The van der Waals surface area contributed by atoms with E-state index in [0.717, 1.165) is 6.42 Å². The summed E-state index contributed by atoms with van der Waals surface area (Å²) in [6, 6.07) is 6.86. The van der Waals surface area contributed by atoms with Crippen molar-refractivity contribution in [2.24, 2.45) is 0 Å². The van der Waals surface area contributed by atoms with E-state index < -0.39 is 6.10 Å². The van der Waals surface area contributed by atoms with Crippen molar-refractivity contribution in [3.8, 4) is 0 Å². The number of carbonyl (C=O) groups excluding carboxylic acids is 1. The molecule has 0 spiro atoms. The van der Waals surface area contributed by atoms with Crippen LogP contribution >= 0.6 is 11.6 Å². The van der Waals surface area contributed by atoms with E-state index in [1.807, 2.05) is 20.8 Å². The predicted molar refractivity (Wildman–Crippen MR) is 73.5 cm³/mol. The van der Waals surface area contributed by atoms with Crippen LogP contribution < -0.4 is 5.32 Å². The van der Waals surface area contributed by atoms with E-state index in [0.29, 0.717) is 10.6 Å². The average Bonchev–Trinajstić information content (AvgIpc) is 2.29. The van der Waals surface area contributed by atoms with Gasteiger partial charge in [0.05, 0.1) is 12.5 Å². The van der Waals surface area contributed by atoms with Crippen molar-refractivity contribution >= 4 is 17.5 Å². The number of hydrogen-bond acceptors (Lipinski definition) is 2. The van der Waals surface area contributed by atoms with Crippen LogP contribution in [0.2, 0.25) is 5.02 Å². The molecule has 0 saturated carbocycles. The Balaban J connectivity index is 2.57. The first-order valence-corrected chi connectivity index (χ1v) is 6.46. The summed E-state index contributed by atoms with van der Waals surface area (Å²) in [4.78, 5) is 11.8.